The van der Waals surface area contributed by atoms with Crippen LogP contribution in [0.3, 0.4) is 0 Å². The third kappa shape index (κ3) is 2.01. The molecule has 2 rings (SSSR count). The molecule has 0 unspecified atom stereocenters. The first kappa shape index (κ1) is 11.7. The molecule has 0 amide bonds. The molecule has 0 saturated heterocycles. The van der Waals surface area contributed by atoms with Gasteiger partial charge >= 0.3 is 0 Å². The summed E-state index contributed by atoms with van der Waals surface area (Å²) in [4.78, 5) is 0. The lowest BCUT2D eigenvalue weighted by atomic mass is 9.73. The van der Waals surface area contributed by atoms with Crippen LogP contribution in [0, 0.1) is 0 Å². The number of benzene rings is 1. The van der Waals surface area contributed by atoms with E-state index in [9.17, 15) is 5.11 Å². The first-order valence-corrected chi connectivity index (χ1v) is 6.53. The zero-order chi connectivity index (χ0) is 11.4. The van der Waals surface area contributed by atoms with Gasteiger partial charge in [-0.2, -0.15) is 0 Å². The Bertz CT molecular complexity index is 311. The van der Waals surface area contributed by atoms with Crippen LogP contribution in [-0.2, 0) is 5.41 Å². The van der Waals surface area contributed by atoms with Gasteiger partial charge in [0.05, 0.1) is 6.10 Å². The minimum Gasteiger partial charge on any atom is -0.392 e. The lowest BCUT2D eigenvalue weighted by molar-refractivity contribution is 0.0737. The third-order valence-corrected chi connectivity index (χ3v) is 4.04. The van der Waals surface area contributed by atoms with Crippen molar-refractivity contribution < 1.29 is 5.11 Å². The summed E-state index contributed by atoms with van der Waals surface area (Å²) in [6.07, 6.45) is 6.65. The average Bonchev–Trinajstić information content (AvgIpc) is 2.81. The molecule has 1 aromatic rings. The third-order valence-electron chi connectivity index (χ3n) is 4.04. The molecule has 88 valence electrons. The second-order valence-corrected chi connectivity index (χ2v) is 5.03. The fraction of sp³-hybridized carbons (Fsp3) is 0.600. The predicted octanol–water partition coefficient (Wildman–Crippen LogP) is 3.66. The quantitative estimate of drug-likeness (QED) is 0.817. The van der Waals surface area contributed by atoms with E-state index in [0.29, 0.717) is 0 Å². The highest BCUT2D eigenvalue weighted by molar-refractivity contribution is 5.28. The van der Waals surface area contributed by atoms with Gasteiger partial charge in [0, 0.05) is 5.41 Å². The molecule has 0 bridgehead atoms. The fourth-order valence-corrected chi connectivity index (χ4v) is 3.14. The fourth-order valence-electron chi connectivity index (χ4n) is 3.14. The van der Waals surface area contributed by atoms with Gasteiger partial charge in [-0.3, -0.25) is 0 Å². The molecule has 0 spiro atoms. The summed E-state index contributed by atoms with van der Waals surface area (Å²) in [7, 11) is 0. The van der Waals surface area contributed by atoms with Gasteiger partial charge in [0.2, 0.25) is 0 Å². The molecule has 0 heterocycles. The Kier molecular flexibility index (Phi) is 3.65. The van der Waals surface area contributed by atoms with Crippen LogP contribution in [0.15, 0.2) is 30.3 Å². The number of hydrogen-bond donors (Lipinski definition) is 1. The highest BCUT2D eigenvalue weighted by atomic mass is 16.3. The van der Waals surface area contributed by atoms with E-state index in [-0.39, 0.29) is 11.5 Å². The molecule has 1 aromatic carbocycles. The van der Waals surface area contributed by atoms with Gasteiger partial charge in [-0.05, 0) is 24.8 Å². The van der Waals surface area contributed by atoms with Gasteiger partial charge in [0.1, 0.15) is 0 Å². The molecule has 1 nitrogen and oxygen atoms in total. The van der Waals surface area contributed by atoms with Gasteiger partial charge < -0.3 is 5.11 Å². The Hall–Kier alpha value is -0.820. The molecule has 1 N–H and O–H groups in total. The second kappa shape index (κ2) is 5.01. The summed E-state index contributed by atoms with van der Waals surface area (Å²) < 4.78 is 0. The zero-order valence-electron chi connectivity index (χ0n) is 10.2. The summed E-state index contributed by atoms with van der Waals surface area (Å²) >= 11 is 0. The van der Waals surface area contributed by atoms with Crippen molar-refractivity contribution in [2.75, 3.05) is 0 Å². The van der Waals surface area contributed by atoms with E-state index in [1.165, 1.54) is 18.4 Å². The van der Waals surface area contributed by atoms with Crippen molar-refractivity contribution in [1.29, 1.82) is 0 Å². The Balaban J connectivity index is 2.28. The first-order chi connectivity index (χ1) is 7.79. The number of rotatable bonds is 4. The van der Waals surface area contributed by atoms with Gasteiger partial charge in [0.25, 0.3) is 0 Å². The van der Waals surface area contributed by atoms with E-state index in [4.69, 9.17) is 0 Å². The van der Waals surface area contributed by atoms with E-state index >= 15 is 0 Å². The van der Waals surface area contributed by atoms with Crippen molar-refractivity contribution in [2.24, 2.45) is 0 Å². The molecular weight excluding hydrogens is 196 g/mol. The zero-order valence-corrected chi connectivity index (χ0v) is 10.2. The second-order valence-electron chi connectivity index (χ2n) is 5.03. The molecule has 1 aliphatic carbocycles. The standard InChI is InChI=1S/C15H22O/c1-2-8-14(16)15(11-6-7-12-15)13-9-4-3-5-10-13/h3-5,9-10,14,16H,2,6-8,11-12H2,1H3/t14-/m1/s1. The Morgan fingerprint density at radius 1 is 1.19 bits per heavy atom. The molecule has 0 radical (unpaired) electrons. The maximum absolute atomic E-state index is 10.5. The summed E-state index contributed by atoms with van der Waals surface area (Å²) in [5, 5.41) is 10.5. The van der Waals surface area contributed by atoms with Crippen LogP contribution in [0.2, 0.25) is 0 Å². The highest BCUT2D eigenvalue weighted by Gasteiger charge is 2.41. The summed E-state index contributed by atoms with van der Waals surface area (Å²) in [6.45, 7) is 2.15. The van der Waals surface area contributed by atoms with Gasteiger partial charge in [-0.1, -0.05) is 56.5 Å². The highest BCUT2D eigenvalue weighted by Crippen LogP contribution is 2.44. The van der Waals surface area contributed by atoms with Crippen molar-refractivity contribution in [1.82, 2.24) is 0 Å². The molecule has 0 aromatic heterocycles. The van der Waals surface area contributed by atoms with Gasteiger partial charge in [0.15, 0.2) is 0 Å². The van der Waals surface area contributed by atoms with Crippen molar-refractivity contribution in [2.45, 2.75) is 57.0 Å². The lowest BCUT2D eigenvalue weighted by Gasteiger charge is -2.35. The van der Waals surface area contributed by atoms with Crippen molar-refractivity contribution in [3.05, 3.63) is 35.9 Å². The smallest absolute Gasteiger partial charge is 0.0636 e. The van der Waals surface area contributed by atoms with E-state index in [1.54, 1.807) is 0 Å². The van der Waals surface area contributed by atoms with E-state index in [1.807, 2.05) is 0 Å². The monoisotopic (exact) mass is 218 g/mol. The Morgan fingerprint density at radius 3 is 2.38 bits per heavy atom. The van der Waals surface area contributed by atoms with Crippen LogP contribution in [-0.4, -0.2) is 11.2 Å². The molecule has 1 fully saturated rings. The predicted molar refractivity (Wildman–Crippen MR) is 67.5 cm³/mol. The van der Waals surface area contributed by atoms with Crippen LogP contribution in [0.4, 0.5) is 0 Å². The average molecular weight is 218 g/mol. The lowest BCUT2D eigenvalue weighted by Crippen LogP contribution is -2.36. The van der Waals surface area contributed by atoms with Gasteiger partial charge in [-0.25, -0.2) is 0 Å². The van der Waals surface area contributed by atoms with E-state index in [2.05, 4.69) is 37.3 Å². The van der Waals surface area contributed by atoms with Gasteiger partial charge in [-0.15, -0.1) is 0 Å². The first-order valence-electron chi connectivity index (χ1n) is 6.53. The largest absolute Gasteiger partial charge is 0.392 e. The summed E-state index contributed by atoms with van der Waals surface area (Å²) in [5.41, 5.74) is 1.39. The molecule has 0 aliphatic heterocycles. The SMILES string of the molecule is CCC[C@@H](O)C1(c2ccccc2)CCCC1. The minimum absolute atomic E-state index is 0.0528. The van der Waals surface area contributed by atoms with E-state index in [0.717, 1.165) is 25.7 Å². The van der Waals surface area contributed by atoms with Crippen molar-refractivity contribution >= 4 is 0 Å². The van der Waals surface area contributed by atoms with Crippen molar-refractivity contribution in [3.63, 3.8) is 0 Å². The molecule has 16 heavy (non-hydrogen) atoms. The molecule has 1 atom stereocenters. The van der Waals surface area contributed by atoms with Crippen LogP contribution in [0.5, 0.6) is 0 Å². The maximum atomic E-state index is 10.5. The van der Waals surface area contributed by atoms with Crippen molar-refractivity contribution in [3.8, 4) is 0 Å². The number of aliphatic hydroxyl groups excluding tert-OH is 1. The van der Waals surface area contributed by atoms with Crippen LogP contribution in [0.1, 0.15) is 51.0 Å². The normalized spacial score (nSPS) is 20.9. The maximum Gasteiger partial charge on any atom is 0.0636 e. The summed E-state index contributed by atoms with van der Waals surface area (Å²) in [5.74, 6) is 0. The molecular formula is C15H22O. The molecule has 1 saturated carbocycles. The Morgan fingerprint density at radius 2 is 1.81 bits per heavy atom. The molecule has 1 heteroatoms. The molecule has 1 aliphatic rings. The van der Waals surface area contributed by atoms with Crippen LogP contribution in [0.25, 0.3) is 0 Å². The summed E-state index contributed by atoms with van der Waals surface area (Å²) in [6, 6.07) is 10.6. The minimum atomic E-state index is -0.164. The van der Waals surface area contributed by atoms with Crippen LogP contribution < -0.4 is 0 Å². The topological polar surface area (TPSA) is 20.2 Å². The number of hydrogen-bond acceptors (Lipinski definition) is 1. The number of aliphatic hydroxyl groups is 1. The van der Waals surface area contributed by atoms with E-state index < -0.39 is 0 Å². The Labute approximate surface area is 98.5 Å². The van der Waals surface area contributed by atoms with Crippen LogP contribution >= 0.6 is 0 Å².